The van der Waals surface area contributed by atoms with Gasteiger partial charge in [-0.15, -0.1) is 11.3 Å². The lowest BCUT2D eigenvalue weighted by molar-refractivity contribution is 0.673. The van der Waals surface area contributed by atoms with Crippen LogP contribution >= 0.6 is 11.3 Å². The Labute approximate surface area is 357 Å². The van der Waals surface area contributed by atoms with Crippen molar-refractivity contribution in [3.8, 4) is 34.4 Å². The second kappa shape index (κ2) is 12.7. The van der Waals surface area contributed by atoms with Gasteiger partial charge in [0, 0.05) is 64.6 Å². The van der Waals surface area contributed by atoms with E-state index in [1.54, 1.807) is 11.3 Å². The maximum atomic E-state index is 6.66. The highest BCUT2D eigenvalue weighted by molar-refractivity contribution is 7.26. The highest BCUT2D eigenvalue weighted by atomic mass is 32.1. The van der Waals surface area contributed by atoms with Crippen LogP contribution in [0.3, 0.4) is 0 Å². The van der Waals surface area contributed by atoms with Crippen molar-refractivity contribution in [2.75, 3.05) is 0 Å². The molecule has 14 aromatic rings. The lowest BCUT2D eigenvalue weighted by atomic mass is 10.0. The molecular weight excluding hydrogens is 779 g/mol. The number of fused-ring (bicyclic) bond motifs is 14. The Hall–Kier alpha value is -8.13. The number of hydrogen-bond donors (Lipinski definition) is 0. The van der Waals surface area contributed by atoms with Crippen molar-refractivity contribution in [2.24, 2.45) is 0 Å². The monoisotopic (exact) mass is 809 g/mol. The Balaban J connectivity index is 1.03. The Bertz CT molecular complexity index is 4120. The molecule has 62 heavy (non-hydrogen) atoms. The van der Waals surface area contributed by atoms with Crippen LogP contribution in [0.25, 0.3) is 131 Å². The normalized spacial score (nSPS) is 12.2. The average molecular weight is 810 g/mol. The van der Waals surface area contributed by atoms with Crippen LogP contribution in [0.5, 0.6) is 0 Å². The molecule has 0 fully saturated rings. The molecule has 9 aromatic carbocycles. The predicted molar refractivity (Wildman–Crippen MR) is 257 cm³/mol. The van der Waals surface area contributed by atoms with Crippen LogP contribution in [0.1, 0.15) is 0 Å². The van der Waals surface area contributed by atoms with E-state index in [2.05, 4.69) is 185 Å². The smallest absolute Gasteiger partial charge is 0.238 e. The molecule has 0 radical (unpaired) electrons. The van der Waals surface area contributed by atoms with Crippen molar-refractivity contribution in [1.82, 2.24) is 24.1 Å². The zero-order valence-electron chi connectivity index (χ0n) is 33.0. The summed E-state index contributed by atoms with van der Waals surface area (Å²) in [5.74, 6) is 1.76. The molecule has 0 saturated carbocycles. The Morgan fingerprint density at radius 1 is 0.419 bits per heavy atom. The summed E-state index contributed by atoms with van der Waals surface area (Å²) in [5, 5.41) is 11.5. The molecule has 0 bridgehead atoms. The molecular formula is C55H31N5OS. The van der Waals surface area contributed by atoms with E-state index in [0.29, 0.717) is 17.6 Å². The minimum absolute atomic E-state index is 0.562. The quantitative estimate of drug-likeness (QED) is 0.178. The van der Waals surface area contributed by atoms with Crippen LogP contribution in [-0.4, -0.2) is 24.1 Å². The maximum absolute atomic E-state index is 6.66. The molecule has 0 atom stereocenters. The molecule has 0 aliphatic rings. The minimum Gasteiger partial charge on any atom is -0.455 e. The maximum Gasteiger partial charge on any atom is 0.238 e. The number of hydrogen-bond acceptors (Lipinski definition) is 5. The third kappa shape index (κ3) is 4.76. The molecule has 14 rings (SSSR count). The van der Waals surface area contributed by atoms with Crippen molar-refractivity contribution < 1.29 is 4.42 Å². The lowest BCUT2D eigenvalue weighted by Gasteiger charge is -2.13. The standard InChI is InChI=1S/C55H31N5OS/c1-2-14-34-30-47-41(29-33(34)13-1)38-17-5-8-20-44(38)59(47)35-27-25-32(26-28-35)53-56-54(58-55(57-53)60-45-21-9-3-15-36(45)37-16-4-10-22-46(37)60)43-31-42-39-18-6-11-23-48(39)61-51(42)50-40-19-7-12-24-49(40)62-52(43)50/h1-31H. The van der Waals surface area contributed by atoms with E-state index < -0.39 is 0 Å². The van der Waals surface area contributed by atoms with Crippen molar-refractivity contribution in [2.45, 2.75) is 0 Å². The number of nitrogens with zero attached hydrogens (tertiary/aromatic N) is 5. The second-order valence-corrected chi connectivity index (χ2v) is 17.0. The molecule has 0 aliphatic heterocycles. The molecule has 6 nitrogen and oxygen atoms in total. The fraction of sp³-hybridized carbons (Fsp3) is 0. The van der Waals surface area contributed by atoms with Crippen LogP contribution in [0.2, 0.25) is 0 Å². The van der Waals surface area contributed by atoms with E-state index in [0.717, 1.165) is 81.5 Å². The molecule has 288 valence electrons. The third-order valence-electron chi connectivity index (χ3n) is 12.6. The van der Waals surface area contributed by atoms with E-state index in [4.69, 9.17) is 19.4 Å². The van der Waals surface area contributed by atoms with Crippen molar-refractivity contribution in [3.05, 3.63) is 188 Å². The van der Waals surface area contributed by atoms with Crippen LogP contribution in [0.4, 0.5) is 0 Å². The molecule has 0 spiro atoms. The molecule has 0 N–H and O–H groups in total. The van der Waals surface area contributed by atoms with Gasteiger partial charge in [0.1, 0.15) is 11.2 Å². The van der Waals surface area contributed by atoms with Crippen molar-refractivity contribution >= 4 is 108 Å². The molecule has 0 unspecified atom stereocenters. The summed E-state index contributed by atoms with van der Waals surface area (Å²) in [6.07, 6.45) is 0. The molecule has 5 heterocycles. The van der Waals surface area contributed by atoms with Gasteiger partial charge in [0.15, 0.2) is 11.6 Å². The van der Waals surface area contributed by atoms with Gasteiger partial charge in [-0.25, -0.2) is 4.98 Å². The van der Waals surface area contributed by atoms with Gasteiger partial charge in [0.25, 0.3) is 0 Å². The highest BCUT2D eigenvalue weighted by Crippen LogP contribution is 2.46. The average Bonchev–Trinajstić information content (AvgIpc) is 4.08. The summed E-state index contributed by atoms with van der Waals surface area (Å²) in [5.41, 5.74) is 9.05. The summed E-state index contributed by atoms with van der Waals surface area (Å²) < 4.78 is 13.5. The summed E-state index contributed by atoms with van der Waals surface area (Å²) in [6.45, 7) is 0. The number of para-hydroxylation sites is 4. The summed E-state index contributed by atoms with van der Waals surface area (Å²) in [6, 6.07) is 66.6. The lowest BCUT2D eigenvalue weighted by Crippen LogP contribution is -2.06. The Morgan fingerprint density at radius 3 is 1.74 bits per heavy atom. The van der Waals surface area contributed by atoms with Gasteiger partial charge in [-0.2, -0.15) is 9.97 Å². The van der Waals surface area contributed by atoms with E-state index in [9.17, 15) is 0 Å². The van der Waals surface area contributed by atoms with Gasteiger partial charge < -0.3 is 8.98 Å². The Morgan fingerprint density at radius 2 is 1.00 bits per heavy atom. The molecule has 0 amide bonds. The van der Waals surface area contributed by atoms with Crippen LogP contribution in [0.15, 0.2) is 192 Å². The molecule has 5 aromatic heterocycles. The summed E-state index contributed by atoms with van der Waals surface area (Å²) in [7, 11) is 0. The van der Waals surface area contributed by atoms with Crippen LogP contribution < -0.4 is 0 Å². The third-order valence-corrected chi connectivity index (χ3v) is 13.8. The summed E-state index contributed by atoms with van der Waals surface area (Å²) in [4.78, 5) is 16.2. The fourth-order valence-corrected chi connectivity index (χ4v) is 11.0. The van der Waals surface area contributed by atoms with Gasteiger partial charge >= 0.3 is 0 Å². The molecule has 7 heteroatoms. The van der Waals surface area contributed by atoms with Gasteiger partial charge in [-0.1, -0.05) is 115 Å². The van der Waals surface area contributed by atoms with Crippen LogP contribution in [-0.2, 0) is 0 Å². The topological polar surface area (TPSA) is 61.7 Å². The van der Waals surface area contributed by atoms with E-state index in [-0.39, 0.29) is 0 Å². The summed E-state index contributed by atoms with van der Waals surface area (Å²) >= 11 is 1.75. The van der Waals surface area contributed by atoms with E-state index in [1.807, 2.05) is 12.1 Å². The van der Waals surface area contributed by atoms with Gasteiger partial charge in [-0.05, 0) is 83.6 Å². The first-order chi connectivity index (χ1) is 30.7. The van der Waals surface area contributed by atoms with E-state index in [1.165, 1.54) is 31.8 Å². The first-order valence-corrected chi connectivity index (χ1v) is 21.6. The molecule has 0 saturated heterocycles. The number of rotatable bonds is 4. The predicted octanol–water partition coefficient (Wildman–Crippen LogP) is 14.8. The zero-order valence-corrected chi connectivity index (χ0v) is 33.8. The number of thiophene rings is 1. The first-order valence-electron chi connectivity index (χ1n) is 20.8. The van der Waals surface area contributed by atoms with Gasteiger partial charge in [0.05, 0.1) is 26.8 Å². The highest BCUT2D eigenvalue weighted by Gasteiger charge is 2.24. The number of benzene rings is 9. The first kappa shape index (κ1) is 33.7. The minimum atomic E-state index is 0.562. The van der Waals surface area contributed by atoms with Gasteiger partial charge in [-0.3, -0.25) is 4.57 Å². The number of aromatic nitrogens is 5. The number of furan rings is 1. The van der Waals surface area contributed by atoms with E-state index >= 15 is 0 Å². The Kier molecular flexibility index (Phi) is 6.89. The molecule has 0 aliphatic carbocycles. The fourth-order valence-electron chi connectivity index (χ4n) is 9.78. The zero-order chi connectivity index (χ0) is 40.5. The largest absolute Gasteiger partial charge is 0.455 e. The second-order valence-electron chi connectivity index (χ2n) is 16.0. The van der Waals surface area contributed by atoms with Crippen LogP contribution in [0, 0.1) is 0 Å². The SMILES string of the molecule is c1ccc2cc3c(cc2c1)c1ccccc1n3-c1ccc(-c2nc(-c3cc4c5ccccc5oc4c4c3sc3ccccc34)nc(-n3c4ccccc4c4ccccc43)n2)cc1. The van der Waals surface area contributed by atoms with Crippen molar-refractivity contribution in [3.63, 3.8) is 0 Å². The van der Waals surface area contributed by atoms with Crippen molar-refractivity contribution in [1.29, 1.82) is 0 Å². The van der Waals surface area contributed by atoms with Gasteiger partial charge in [0.2, 0.25) is 5.95 Å².